The van der Waals surface area contributed by atoms with Crippen molar-refractivity contribution in [2.45, 2.75) is 75.8 Å². The molecule has 9 atom stereocenters. The van der Waals surface area contributed by atoms with Crippen LogP contribution in [0.3, 0.4) is 0 Å². The molecule has 54 heavy (non-hydrogen) atoms. The molecule has 6 bridgehead atoms. The average Bonchev–Trinajstić information content (AvgIpc) is 3.73. The van der Waals surface area contributed by atoms with Gasteiger partial charge in [-0.1, -0.05) is 43.2 Å². The molecular formula is C44H54N4O6. The highest BCUT2D eigenvalue weighted by Gasteiger charge is 2.63. The van der Waals surface area contributed by atoms with Crippen molar-refractivity contribution in [3.63, 3.8) is 0 Å². The van der Waals surface area contributed by atoms with E-state index in [1.54, 1.807) is 14.2 Å². The van der Waals surface area contributed by atoms with Crippen molar-refractivity contribution < 1.29 is 28.9 Å². The number of methoxy groups -OCH3 is 3. The number of aliphatic hydroxyl groups is 1. The molecule has 4 aliphatic heterocycles. The molecule has 2 aliphatic carbocycles. The molecule has 0 spiro atoms. The minimum Gasteiger partial charge on any atom is -0.496 e. The topological polar surface area (TPSA) is 120 Å². The number of fused-ring (bicyclic) bond motifs is 9. The molecule has 1 saturated carbocycles. The number of aliphatic hydroxyl groups excluding tert-OH is 1. The average molecular weight is 735 g/mol. The van der Waals surface area contributed by atoms with Crippen LogP contribution in [0.4, 0.5) is 0 Å². The smallest absolute Gasteiger partial charge is 0.319 e. The molecule has 4 aromatic rings. The van der Waals surface area contributed by atoms with E-state index in [0.29, 0.717) is 31.2 Å². The summed E-state index contributed by atoms with van der Waals surface area (Å²) in [5, 5.41) is 13.7. The second kappa shape index (κ2) is 13.0. The van der Waals surface area contributed by atoms with E-state index in [0.717, 1.165) is 94.4 Å². The minimum atomic E-state index is -1.19. The number of carbonyl (C=O) groups excluding carboxylic acids is 2. The summed E-state index contributed by atoms with van der Waals surface area (Å²) >= 11 is 0. The van der Waals surface area contributed by atoms with Crippen LogP contribution in [0.15, 0.2) is 48.0 Å². The molecule has 4 fully saturated rings. The molecule has 6 heterocycles. The van der Waals surface area contributed by atoms with Gasteiger partial charge in [-0.3, -0.25) is 19.4 Å². The second-order valence-corrected chi connectivity index (χ2v) is 16.8. The van der Waals surface area contributed by atoms with E-state index in [1.807, 2.05) is 6.92 Å². The first-order chi connectivity index (χ1) is 26.2. The van der Waals surface area contributed by atoms with Crippen molar-refractivity contribution in [3.8, 4) is 5.75 Å². The fourth-order valence-corrected chi connectivity index (χ4v) is 12.7. The number of likely N-dealkylation sites (N-methyl/N-ethyl adjacent to an activating group) is 1. The van der Waals surface area contributed by atoms with Gasteiger partial charge in [-0.25, -0.2) is 0 Å². The highest BCUT2D eigenvalue weighted by atomic mass is 16.5. The number of aromatic amines is 2. The number of piperidine rings is 3. The fraction of sp³-hybridized carbons (Fsp3) is 0.545. The first kappa shape index (κ1) is 35.6. The molecule has 2 aromatic carbocycles. The molecule has 0 radical (unpaired) electrons. The predicted octanol–water partition coefficient (Wildman–Crippen LogP) is 5.85. The standard InChI is InChI=1S/C44H54N4O6/c1-7-25-17-24-20-43(41(50)53-5)39-29(15-16-48(21-24)40(25)43)28-13-14-34(52-4)36(38(28)46-39)31-18-32-26(8-2)22-47(3)35(44(32,23-49)42(51)54-6)19-30-27-11-9-10-12-33(27)45-37(30)31/h8-14,24-25,31-32,35,40,45-46,49H,7,15-23H2,1-6H3/b26-8-/t24-,25-,31?,32+,35-,40?,43-,44?/m0/s1. The van der Waals surface area contributed by atoms with E-state index in [4.69, 9.17) is 14.2 Å². The number of allylic oxidation sites excluding steroid dienone is 1. The summed E-state index contributed by atoms with van der Waals surface area (Å²) in [6.07, 6.45) is 6.99. The molecule has 0 amide bonds. The van der Waals surface area contributed by atoms with Gasteiger partial charge < -0.3 is 29.3 Å². The van der Waals surface area contributed by atoms with E-state index in [2.05, 4.69) is 76.2 Å². The Morgan fingerprint density at radius 2 is 1.81 bits per heavy atom. The number of ether oxygens (including phenoxy) is 3. The van der Waals surface area contributed by atoms with Gasteiger partial charge >= 0.3 is 11.9 Å². The zero-order chi connectivity index (χ0) is 37.7. The minimum absolute atomic E-state index is 0.0694. The largest absolute Gasteiger partial charge is 0.496 e. The van der Waals surface area contributed by atoms with Crippen LogP contribution in [0.5, 0.6) is 5.75 Å². The zero-order valence-corrected chi connectivity index (χ0v) is 32.5. The van der Waals surface area contributed by atoms with Gasteiger partial charge in [0.1, 0.15) is 16.6 Å². The van der Waals surface area contributed by atoms with Gasteiger partial charge in [-0.15, -0.1) is 0 Å². The number of likely N-dealkylation sites (tertiary alicyclic amines) is 1. The maximum Gasteiger partial charge on any atom is 0.319 e. The van der Waals surface area contributed by atoms with Crippen LogP contribution in [0, 0.1) is 23.2 Å². The van der Waals surface area contributed by atoms with Gasteiger partial charge in [0.05, 0.1) is 33.5 Å². The first-order valence-electron chi connectivity index (χ1n) is 19.9. The lowest BCUT2D eigenvalue weighted by Crippen LogP contribution is -2.67. The summed E-state index contributed by atoms with van der Waals surface area (Å²) in [6, 6.07) is 12.4. The Labute approximate surface area is 317 Å². The fourth-order valence-electron chi connectivity index (χ4n) is 12.7. The number of hydrogen-bond donors (Lipinski definition) is 3. The van der Waals surface area contributed by atoms with Crippen molar-refractivity contribution in [1.82, 2.24) is 19.8 Å². The van der Waals surface area contributed by atoms with Crippen LogP contribution in [0.1, 0.15) is 73.5 Å². The van der Waals surface area contributed by atoms with E-state index in [1.165, 1.54) is 12.7 Å². The van der Waals surface area contributed by atoms with Crippen LogP contribution < -0.4 is 4.74 Å². The number of nitrogens with zero attached hydrogens (tertiary/aromatic N) is 2. The van der Waals surface area contributed by atoms with E-state index >= 15 is 0 Å². The van der Waals surface area contributed by atoms with E-state index < -0.39 is 10.8 Å². The summed E-state index contributed by atoms with van der Waals surface area (Å²) < 4.78 is 17.7. The lowest BCUT2D eigenvalue weighted by atomic mass is 9.56. The molecule has 2 aromatic heterocycles. The number of hydrogen-bond acceptors (Lipinski definition) is 8. The quantitative estimate of drug-likeness (QED) is 0.167. The lowest BCUT2D eigenvalue weighted by molar-refractivity contribution is -0.169. The van der Waals surface area contributed by atoms with Crippen molar-refractivity contribution in [2.24, 2.45) is 23.2 Å². The number of esters is 2. The van der Waals surface area contributed by atoms with E-state index in [-0.39, 0.29) is 42.5 Å². The Hall–Kier alpha value is -4.12. The van der Waals surface area contributed by atoms with Crippen molar-refractivity contribution in [2.75, 3.05) is 54.6 Å². The number of aromatic nitrogens is 2. The van der Waals surface area contributed by atoms with Gasteiger partial charge in [0.15, 0.2) is 0 Å². The van der Waals surface area contributed by atoms with E-state index in [9.17, 15) is 14.7 Å². The number of nitrogens with one attached hydrogen (secondary N) is 2. The number of carbonyl (C=O) groups is 2. The van der Waals surface area contributed by atoms with Crippen LogP contribution in [0.25, 0.3) is 21.8 Å². The molecular weight excluding hydrogens is 681 g/mol. The lowest BCUT2D eigenvalue weighted by Gasteiger charge is -2.57. The van der Waals surface area contributed by atoms with Gasteiger partial charge in [0, 0.05) is 76.8 Å². The molecule has 10 heteroatoms. The Bertz CT molecular complexity index is 2190. The third-order valence-electron chi connectivity index (χ3n) is 14.8. The zero-order valence-electron chi connectivity index (χ0n) is 32.5. The molecule has 6 aliphatic rings. The Morgan fingerprint density at radius 1 is 1.02 bits per heavy atom. The van der Waals surface area contributed by atoms with Crippen molar-refractivity contribution in [3.05, 3.63) is 76.1 Å². The predicted molar refractivity (Wildman–Crippen MR) is 208 cm³/mol. The highest BCUT2D eigenvalue weighted by Crippen LogP contribution is 2.58. The summed E-state index contributed by atoms with van der Waals surface area (Å²) in [5.41, 5.74) is 6.57. The highest BCUT2D eigenvalue weighted by molar-refractivity contribution is 5.95. The Balaban J connectivity index is 1.34. The van der Waals surface area contributed by atoms with Crippen LogP contribution >= 0.6 is 0 Å². The molecule has 3 N–H and O–H groups in total. The molecule has 3 saturated heterocycles. The summed E-state index contributed by atoms with van der Waals surface area (Å²) in [7, 11) is 6.76. The van der Waals surface area contributed by atoms with Crippen molar-refractivity contribution in [1.29, 1.82) is 0 Å². The van der Waals surface area contributed by atoms with Crippen LogP contribution in [-0.2, 0) is 37.3 Å². The van der Waals surface area contributed by atoms with Crippen LogP contribution in [-0.4, -0.2) is 104 Å². The van der Waals surface area contributed by atoms with Gasteiger partial charge in [-0.05, 0) is 87.2 Å². The summed E-state index contributed by atoms with van der Waals surface area (Å²) in [4.78, 5) is 41.4. The monoisotopic (exact) mass is 734 g/mol. The van der Waals surface area contributed by atoms with Crippen LogP contribution in [0.2, 0.25) is 0 Å². The van der Waals surface area contributed by atoms with Gasteiger partial charge in [0.2, 0.25) is 0 Å². The molecule has 286 valence electrons. The number of para-hydroxylation sites is 1. The third-order valence-corrected chi connectivity index (χ3v) is 14.8. The Morgan fingerprint density at radius 3 is 2.54 bits per heavy atom. The third kappa shape index (κ3) is 4.62. The molecule has 4 unspecified atom stereocenters. The SMILES string of the molecule is C/C=C1/CN(C)[C@H]2Cc3c([nH]c4ccccc34)C(c3c(OC)ccc4c5c([nH]c34)[C@@]3(C(=O)OC)C[C@@H]4C[C@H](CC)C3N(CC5)C4)C[C@H]1C2(CO)C(=O)OC. The normalized spacial score (nSPS) is 33.8. The summed E-state index contributed by atoms with van der Waals surface area (Å²) in [6.45, 7) is 6.58. The maximum atomic E-state index is 14.4. The van der Waals surface area contributed by atoms with Gasteiger partial charge in [0.25, 0.3) is 0 Å². The maximum absolute atomic E-state index is 14.4. The van der Waals surface area contributed by atoms with Crippen molar-refractivity contribution >= 4 is 33.7 Å². The number of benzene rings is 2. The number of H-pyrrole nitrogens is 2. The summed E-state index contributed by atoms with van der Waals surface area (Å²) in [5.74, 6) is 0.479. The molecule has 10 rings (SSSR count). The second-order valence-electron chi connectivity index (χ2n) is 16.8. The first-order valence-corrected chi connectivity index (χ1v) is 19.9. The molecule has 10 nitrogen and oxygen atoms in total. The number of rotatable bonds is 6. The van der Waals surface area contributed by atoms with Gasteiger partial charge in [-0.2, -0.15) is 0 Å². The Kier molecular flexibility index (Phi) is 8.56.